The van der Waals surface area contributed by atoms with Gasteiger partial charge in [0.05, 0.1) is 4.92 Å². The molecule has 7 heteroatoms. The molecule has 1 heterocycles. The average Bonchev–Trinajstić information content (AvgIpc) is 2.41. The van der Waals surface area contributed by atoms with E-state index >= 15 is 0 Å². The number of carboxylic acid groups (broad SMARTS) is 1. The van der Waals surface area contributed by atoms with Gasteiger partial charge >= 0.3 is 11.7 Å². The van der Waals surface area contributed by atoms with E-state index in [9.17, 15) is 14.9 Å². The summed E-state index contributed by atoms with van der Waals surface area (Å²) in [4.78, 5) is 25.1. The van der Waals surface area contributed by atoms with Crippen LogP contribution in [0, 0.1) is 17.0 Å². The molecule has 7 nitrogen and oxygen atoms in total. The average molecular weight is 274 g/mol. The Morgan fingerprint density at radius 2 is 2.10 bits per heavy atom. The van der Waals surface area contributed by atoms with E-state index < -0.39 is 10.9 Å². The molecule has 0 unspecified atom stereocenters. The molecule has 0 amide bonds. The number of nitro benzene ring substituents is 1. The fourth-order valence-electron chi connectivity index (χ4n) is 1.61. The minimum absolute atomic E-state index is 0.0314. The van der Waals surface area contributed by atoms with Crippen LogP contribution in [0.2, 0.25) is 0 Å². The summed E-state index contributed by atoms with van der Waals surface area (Å²) in [6.07, 6.45) is 1.31. The largest absolute Gasteiger partial charge is 0.476 e. The molecule has 0 aliphatic heterocycles. The SMILES string of the molecule is Cc1ccc(Oc2cccnc2C(=O)O)c([N+](=O)[O-])c1. The van der Waals surface area contributed by atoms with Crippen LogP contribution < -0.4 is 4.74 Å². The summed E-state index contributed by atoms with van der Waals surface area (Å²) in [6.45, 7) is 1.71. The number of aromatic carboxylic acids is 1. The van der Waals surface area contributed by atoms with Gasteiger partial charge in [0.25, 0.3) is 0 Å². The van der Waals surface area contributed by atoms with Crippen LogP contribution in [-0.4, -0.2) is 21.0 Å². The number of ether oxygens (including phenoxy) is 1. The van der Waals surface area contributed by atoms with Gasteiger partial charge in [0.2, 0.25) is 5.75 Å². The third-order valence-electron chi connectivity index (χ3n) is 2.50. The Morgan fingerprint density at radius 3 is 2.75 bits per heavy atom. The number of hydrogen-bond acceptors (Lipinski definition) is 5. The number of nitro groups is 1. The lowest BCUT2D eigenvalue weighted by molar-refractivity contribution is -0.385. The van der Waals surface area contributed by atoms with Crippen molar-refractivity contribution in [1.82, 2.24) is 4.98 Å². The van der Waals surface area contributed by atoms with Gasteiger partial charge < -0.3 is 9.84 Å². The molecule has 20 heavy (non-hydrogen) atoms. The quantitative estimate of drug-likeness (QED) is 0.679. The van der Waals surface area contributed by atoms with Crippen LogP contribution >= 0.6 is 0 Å². The van der Waals surface area contributed by atoms with E-state index in [0.29, 0.717) is 5.56 Å². The van der Waals surface area contributed by atoms with Crippen LogP contribution in [0.4, 0.5) is 5.69 Å². The van der Waals surface area contributed by atoms with Crippen LogP contribution in [0.1, 0.15) is 16.1 Å². The Kier molecular flexibility index (Phi) is 3.60. The van der Waals surface area contributed by atoms with Gasteiger partial charge in [-0.2, -0.15) is 0 Å². The number of rotatable bonds is 4. The summed E-state index contributed by atoms with van der Waals surface area (Å²) in [6, 6.07) is 7.29. The van der Waals surface area contributed by atoms with Crippen LogP contribution in [-0.2, 0) is 0 Å². The van der Waals surface area contributed by atoms with Gasteiger partial charge in [-0.25, -0.2) is 9.78 Å². The van der Waals surface area contributed by atoms with Crippen molar-refractivity contribution in [1.29, 1.82) is 0 Å². The Balaban J connectivity index is 2.45. The van der Waals surface area contributed by atoms with Crippen molar-refractivity contribution in [3.05, 3.63) is 57.9 Å². The molecule has 2 aromatic rings. The number of benzene rings is 1. The Bertz CT molecular complexity index is 684. The summed E-state index contributed by atoms with van der Waals surface area (Å²) < 4.78 is 5.33. The molecular weight excluding hydrogens is 264 g/mol. The lowest BCUT2D eigenvalue weighted by Gasteiger charge is -2.08. The zero-order valence-corrected chi connectivity index (χ0v) is 10.4. The van der Waals surface area contributed by atoms with E-state index in [4.69, 9.17) is 9.84 Å². The number of aromatic nitrogens is 1. The predicted octanol–water partition coefficient (Wildman–Crippen LogP) is 2.79. The summed E-state index contributed by atoms with van der Waals surface area (Å²) in [5.74, 6) is -1.35. The maximum atomic E-state index is 11.0. The molecule has 0 aliphatic carbocycles. The molecule has 0 saturated heterocycles. The van der Waals surface area contributed by atoms with Crippen molar-refractivity contribution in [2.45, 2.75) is 6.92 Å². The number of hydrogen-bond donors (Lipinski definition) is 1. The number of pyridine rings is 1. The van der Waals surface area contributed by atoms with E-state index in [2.05, 4.69) is 4.98 Å². The summed E-state index contributed by atoms with van der Waals surface area (Å²) in [5, 5.41) is 20.0. The highest BCUT2D eigenvalue weighted by Crippen LogP contribution is 2.32. The maximum absolute atomic E-state index is 11.0. The molecule has 102 valence electrons. The third kappa shape index (κ3) is 2.72. The van der Waals surface area contributed by atoms with Crippen molar-refractivity contribution in [3.8, 4) is 11.5 Å². The van der Waals surface area contributed by atoms with Crippen molar-refractivity contribution in [3.63, 3.8) is 0 Å². The van der Waals surface area contributed by atoms with E-state index in [1.165, 1.54) is 30.5 Å². The second-order valence-electron chi connectivity index (χ2n) is 3.99. The normalized spacial score (nSPS) is 10.1. The molecule has 1 aromatic heterocycles. The molecule has 0 fully saturated rings. The van der Waals surface area contributed by atoms with Crippen LogP contribution in [0.25, 0.3) is 0 Å². The second-order valence-corrected chi connectivity index (χ2v) is 3.99. The number of carbonyl (C=O) groups is 1. The van der Waals surface area contributed by atoms with Crippen molar-refractivity contribution >= 4 is 11.7 Å². The van der Waals surface area contributed by atoms with E-state index in [1.807, 2.05) is 0 Å². The first kappa shape index (κ1) is 13.5. The van der Waals surface area contributed by atoms with Gasteiger partial charge in [0.15, 0.2) is 11.4 Å². The topological polar surface area (TPSA) is 103 Å². The second kappa shape index (κ2) is 5.35. The predicted molar refractivity (Wildman–Crippen MR) is 69.1 cm³/mol. The minimum atomic E-state index is -1.27. The molecule has 2 rings (SSSR count). The third-order valence-corrected chi connectivity index (χ3v) is 2.50. The van der Waals surface area contributed by atoms with Gasteiger partial charge in [-0.3, -0.25) is 10.1 Å². The zero-order chi connectivity index (χ0) is 14.7. The first-order valence-electron chi connectivity index (χ1n) is 5.60. The highest BCUT2D eigenvalue weighted by molar-refractivity contribution is 5.88. The molecule has 0 spiro atoms. The molecule has 0 radical (unpaired) electrons. The van der Waals surface area contributed by atoms with Crippen molar-refractivity contribution in [2.24, 2.45) is 0 Å². The summed E-state index contributed by atoms with van der Waals surface area (Å²) in [7, 11) is 0. The smallest absolute Gasteiger partial charge is 0.358 e. The lowest BCUT2D eigenvalue weighted by atomic mass is 10.2. The molecule has 1 aromatic carbocycles. The molecule has 0 aliphatic rings. The first-order chi connectivity index (χ1) is 9.49. The van der Waals surface area contributed by atoms with E-state index in [0.717, 1.165) is 0 Å². The fourth-order valence-corrected chi connectivity index (χ4v) is 1.61. The molecule has 0 atom stereocenters. The zero-order valence-electron chi connectivity index (χ0n) is 10.4. The Labute approximate surface area is 113 Å². The summed E-state index contributed by atoms with van der Waals surface area (Å²) >= 11 is 0. The molecule has 1 N–H and O–H groups in total. The highest BCUT2D eigenvalue weighted by atomic mass is 16.6. The van der Waals surface area contributed by atoms with Crippen LogP contribution in [0.5, 0.6) is 11.5 Å². The number of carboxylic acids is 1. The van der Waals surface area contributed by atoms with Gasteiger partial charge in [0, 0.05) is 12.3 Å². The molecule has 0 saturated carbocycles. The first-order valence-corrected chi connectivity index (χ1v) is 5.60. The minimum Gasteiger partial charge on any atom is -0.476 e. The number of aryl methyl sites for hydroxylation is 1. The van der Waals surface area contributed by atoms with Gasteiger partial charge in [-0.15, -0.1) is 0 Å². The lowest BCUT2D eigenvalue weighted by Crippen LogP contribution is -2.03. The highest BCUT2D eigenvalue weighted by Gasteiger charge is 2.19. The molecule has 0 bridgehead atoms. The van der Waals surface area contributed by atoms with E-state index in [-0.39, 0.29) is 22.9 Å². The van der Waals surface area contributed by atoms with Gasteiger partial charge in [-0.05, 0) is 30.7 Å². The van der Waals surface area contributed by atoms with Crippen LogP contribution in [0.15, 0.2) is 36.5 Å². The fraction of sp³-hybridized carbons (Fsp3) is 0.0769. The maximum Gasteiger partial charge on any atom is 0.358 e. The van der Waals surface area contributed by atoms with Gasteiger partial charge in [-0.1, -0.05) is 6.07 Å². The standard InChI is InChI=1S/C13H10N2O5/c1-8-4-5-10(9(7-8)15(18)19)20-11-3-2-6-14-12(11)13(16)17/h2-7H,1H3,(H,16,17). The van der Waals surface area contributed by atoms with Crippen molar-refractivity contribution < 1.29 is 19.6 Å². The number of nitrogens with zero attached hydrogens (tertiary/aromatic N) is 2. The molecular formula is C13H10N2O5. The Hall–Kier alpha value is -2.96. The van der Waals surface area contributed by atoms with Gasteiger partial charge in [0.1, 0.15) is 0 Å². The van der Waals surface area contributed by atoms with Crippen molar-refractivity contribution in [2.75, 3.05) is 0 Å². The Morgan fingerprint density at radius 1 is 1.35 bits per heavy atom. The van der Waals surface area contributed by atoms with Crippen LogP contribution in [0.3, 0.4) is 0 Å². The monoisotopic (exact) mass is 274 g/mol. The summed E-state index contributed by atoms with van der Waals surface area (Å²) in [5.41, 5.74) is 0.168. The van der Waals surface area contributed by atoms with E-state index in [1.54, 1.807) is 13.0 Å².